The van der Waals surface area contributed by atoms with Gasteiger partial charge in [0.1, 0.15) is 30.0 Å². The first-order chi connectivity index (χ1) is 18.2. The molecule has 14 heteroatoms. The van der Waals surface area contributed by atoms with E-state index in [2.05, 4.69) is 35.8 Å². The first-order valence-corrected chi connectivity index (χ1v) is 13.6. The van der Waals surface area contributed by atoms with Crippen molar-refractivity contribution in [1.82, 2.24) is 24.8 Å². The smallest absolute Gasteiger partial charge is 0.434 e. The van der Waals surface area contributed by atoms with Gasteiger partial charge in [-0.25, -0.2) is 14.2 Å². The molecule has 1 amide bonds. The van der Waals surface area contributed by atoms with Crippen molar-refractivity contribution in [3.63, 3.8) is 0 Å². The second kappa shape index (κ2) is 10.2. The molecule has 0 unspecified atom stereocenters. The fourth-order valence-electron chi connectivity index (χ4n) is 5.46. The molecule has 0 N–H and O–H groups in total. The van der Waals surface area contributed by atoms with Crippen LogP contribution in [-0.2, 0) is 10.9 Å². The zero-order chi connectivity index (χ0) is 28.2. The molecule has 39 heavy (non-hydrogen) atoms. The number of likely N-dealkylation sites (tertiary alicyclic amines) is 1. The Labute approximate surface area is 231 Å². The van der Waals surface area contributed by atoms with Crippen LogP contribution in [0.3, 0.4) is 0 Å². The highest BCUT2D eigenvalue weighted by Crippen LogP contribution is 2.41. The van der Waals surface area contributed by atoms with Crippen molar-refractivity contribution < 1.29 is 36.6 Å². The maximum Gasteiger partial charge on any atom is 0.434 e. The molecule has 2 aromatic rings. The lowest BCUT2D eigenvalue weighted by Gasteiger charge is -2.30. The molecular formula is C25H30BrF4N5O4. The molecule has 214 valence electrons. The molecule has 3 aliphatic heterocycles. The average Bonchev–Trinajstić information content (AvgIpc) is 3.49. The molecule has 3 fully saturated rings. The topological polar surface area (TPSA) is 89.9 Å². The minimum absolute atomic E-state index is 0.0902. The van der Waals surface area contributed by atoms with Gasteiger partial charge in [0.2, 0.25) is 5.88 Å². The van der Waals surface area contributed by atoms with Crippen LogP contribution in [0.25, 0.3) is 11.0 Å². The molecule has 3 saturated heterocycles. The van der Waals surface area contributed by atoms with Crippen molar-refractivity contribution >= 4 is 33.1 Å². The number of carbonyl (C=O) groups is 1. The zero-order valence-electron chi connectivity index (χ0n) is 21.9. The Balaban J connectivity index is 1.42. The van der Waals surface area contributed by atoms with E-state index in [1.165, 1.54) is 11.0 Å². The molecule has 9 nitrogen and oxygen atoms in total. The molecule has 0 spiro atoms. The predicted octanol–water partition coefficient (Wildman–Crippen LogP) is 5.15. The number of aromatic nitrogens is 3. The Morgan fingerprint density at radius 2 is 1.95 bits per heavy atom. The summed E-state index contributed by atoms with van der Waals surface area (Å²) in [5.41, 5.74) is -2.37. The molecule has 0 radical (unpaired) electrons. The van der Waals surface area contributed by atoms with E-state index in [9.17, 15) is 22.4 Å². The van der Waals surface area contributed by atoms with E-state index in [-0.39, 0.29) is 40.5 Å². The lowest BCUT2D eigenvalue weighted by Crippen LogP contribution is -2.43. The molecule has 0 aromatic carbocycles. The molecule has 3 aliphatic rings. The maximum absolute atomic E-state index is 14.2. The summed E-state index contributed by atoms with van der Waals surface area (Å²) in [6.07, 6.45) is -4.28. The van der Waals surface area contributed by atoms with Crippen molar-refractivity contribution in [1.29, 1.82) is 0 Å². The van der Waals surface area contributed by atoms with Crippen molar-refractivity contribution in [3.05, 3.63) is 16.2 Å². The van der Waals surface area contributed by atoms with Gasteiger partial charge in [-0.15, -0.1) is 0 Å². The van der Waals surface area contributed by atoms with Crippen LogP contribution in [-0.4, -0.2) is 87.0 Å². The number of ether oxygens (including phenoxy) is 3. The summed E-state index contributed by atoms with van der Waals surface area (Å²) < 4.78 is 72.2. The first-order valence-electron chi connectivity index (χ1n) is 12.8. The van der Waals surface area contributed by atoms with Gasteiger partial charge in [-0.1, -0.05) is 0 Å². The predicted molar refractivity (Wildman–Crippen MR) is 135 cm³/mol. The lowest BCUT2D eigenvalue weighted by molar-refractivity contribution is -0.141. The van der Waals surface area contributed by atoms with Crippen LogP contribution in [0.15, 0.2) is 10.5 Å². The number of alkyl halides is 4. The molecular weight excluding hydrogens is 590 g/mol. The number of nitrogens with zero attached hydrogens (tertiary/aromatic N) is 5. The normalized spacial score (nSPS) is 25.8. The Hall–Kier alpha value is -2.48. The Kier molecular flexibility index (Phi) is 7.32. The molecule has 0 bridgehead atoms. The van der Waals surface area contributed by atoms with Gasteiger partial charge in [0.25, 0.3) is 0 Å². The second-order valence-corrected chi connectivity index (χ2v) is 12.2. The van der Waals surface area contributed by atoms with Crippen LogP contribution in [0.2, 0.25) is 0 Å². The summed E-state index contributed by atoms with van der Waals surface area (Å²) in [6.45, 7) is 7.06. The van der Waals surface area contributed by atoms with Gasteiger partial charge >= 0.3 is 18.3 Å². The van der Waals surface area contributed by atoms with Crippen molar-refractivity contribution in [2.45, 2.75) is 76.0 Å². The number of amides is 1. The third-order valence-electron chi connectivity index (χ3n) is 7.15. The average molecular weight is 620 g/mol. The van der Waals surface area contributed by atoms with Gasteiger partial charge in [0.15, 0.2) is 11.2 Å². The minimum Gasteiger partial charge on any atom is -0.471 e. The molecule has 3 atom stereocenters. The number of pyridine rings is 1. The Morgan fingerprint density at radius 1 is 1.18 bits per heavy atom. The summed E-state index contributed by atoms with van der Waals surface area (Å²) in [7, 11) is 0. The van der Waals surface area contributed by atoms with Gasteiger partial charge in [-0.05, 0) is 62.2 Å². The Morgan fingerprint density at radius 3 is 2.67 bits per heavy atom. The van der Waals surface area contributed by atoms with Gasteiger partial charge in [0.05, 0.1) is 16.6 Å². The summed E-state index contributed by atoms with van der Waals surface area (Å²) in [5, 5.41) is 0. The fourth-order valence-corrected chi connectivity index (χ4v) is 5.99. The molecule has 5 rings (SSSR count). The molecule has 5 heterocycles. The van der Waals surface area contributed by atoms with E-state index >= 15 is 0 Å². The van der Waals surface area contributed by atoms with Crippen LogP contribution in [0.4, 0.5) is 22.4 Å². The van der Waals surface area contributed by atoms with Gasteiger partial charge < -0.3 is 19.1 Å². The number of hydrogen-bond acceptors (Lipinski definition) is 8. The van der Waals surface area contributed by atoms with Crippen LogP contribution >= 0.6 is 15.9 Å². The van der Waals surface area contributed by atoms with Crippen molar-refractivity contribution in [2.75, 3.05) is 32.8 Å². The lowest BCUT2D eigenvalue weighted by atomic mass is 9.95. The largest absolute Gasteiger partial charge is 0.471 e. The highest BCUT2D eigenvalue weighted by molar-refractivity contribution is 9.10. The maximum atomic E-state index is 14.2. The number of rotatable bonds is 5. The quantitative estimate of drug-likeness (QED) is 0.425. The summed E-state index contributed by atoms with van der Waals surface area (Å²) in [6, 6.07) is 1.10. The van der Waals surface area contributed by atoms with E-state index in [1.54, 1.807) is 20.8 Å². The second-order valence-electron chi connectivity index (χ2n) is 11.3. The fraction of sp³-hybridized carbons (Fsp3) is 0.680. The van der Waals surface area contributed by atoms with Gasteiger partial charge in [-0.2, -0.15) is 23.1 Å². The summed E-state index contributed by atoms with van der Waals surface area (Å²) in [4.78, 5) is 28.4. The van der Waals surface area contributed by atoms with Crippen molar-refractivity contribution in [3.8, 4) is 11.9 Å². The molecule has 0 aliphatic carbocycles. The van der Waals surface area contributed by atoms with Crippen molar-refractivity contribution in [2.24, 2.45) is 0 Å². The Bertz CT molecular complexity index is 1260. The van der Waals surface area contributed by atoms with Crippen LogP contribution in [0.1, 0.15) is 52.1 Å². The van der Waals surface area contributed by atoms with E-state index in [1.807, 2.05) is 0 Å². The molecule has 0 saturated carbocycles. The number of fused-ring (bicyclic) bond motifs is 2. The van der Waals surface area contributed by atoms with Gasteiger partial charge in [0, 0.05) is 25.9 Å². The highest BCUT2D eigenvalue weighted by atomic mass is 79.9. The SMILES string of the molecule is CC(C)(C)OC(=O)N1CC[C@@H](Oc2nc(OC[C@@]34CCCN3C[C@H](F)C4)nc3cc(Br)c(C(F)(F)F)nc23)C1. The molecule has 2 aromatic heterocycles. The van der Waals surface area contributed by atoms with E-state index in [4.69, 9.17) is 14.2 Å². The first kappa shape index (κ1) is 28.1. The third kappa shape index (κ3) is 6.01. The number of halogens is 5. The third-order valence-corrected chi connectivity index (χ3v) is 7.75. The van der Waals surface area contributed by atoms with Crippen LogP contribution in [0.5, 0.6) is 11.9 Å². The van der Waals surface area contributed by atoms with Gasteiger partial charge in [-0.3, -0.25) is 4.90 Å². The van der Waals surface area contributed by atoms with Crippen LogP contribution < -0.4 is 9.47 Å². The van der Waals surface area contributed by atoms with E-state index in [0.717, 1.165) is 19.4 Å². The summed E-state index contributed by atoms with van der Waals surface area (Å²) >= 11 is 2.94. The summed E-state index contributed by atoms with van der Waals surface area (Å²) in [5.74, 6) is -0.181. The minimum atomic E-state index is -4.73. The zero-order valence-corrected chi connectivity index (χ0v) is 23.4. The number of carbonyl (C=O) groups excluding carboxylic acids is 1. The van der Waals surface area contributed by atoms with Crippen LogP contribution in [0, 0.1) is 0 Å². The van der Waals surface area contributed by atoms with E-state index < -0.39 is 41.4 Å². The van der Waals surface area contributed by atoms with E-state index in [0.29, 0.717) is 25.9 Å². The monoisotopic (exact) mass is 619 g/mol. The number of hydrogen-bond donors (Lipinski definition) is 0. The highest BCUT2D eigenvalue weighted by Gasteiger charge is 2.49. The standard InChI is InChI=1S/C25H30BrF4N5O4/c1-23(2,3)39-22(36)34-8-5-15(12-34)38-20-18-17(9-16(26)19(32-18)25(28,29)30)31-21(33-20)37-13-24-6-4-7-35(24)11-14(27)10-24/h9,14-15H,4-8,10-13H2,1-3H3/t14-,15-,24+/m1/s1.